The van der Waals surface area contributed by atoms with Crippen LogP contribution >= 0.6 is 0 Å². The summed E-state index contributed by atoms with van der Waals surface area (Å²) in [4.78, 5) is 9.06. The van der Waals surface area contributed by atoms with Crippen LogP contribution in [-0.4, -0.2) is 48.7 Å². The Hall–Kier alpha value is -0.750. The highest BCUT2D eigenvalue weighted by Gasteiger charge is 1.94. The molecule has 0 aromatic rings. The lowest BCUT2D eigenvalue weighted by Gasteiger charge is -2.09. The minimum Gasteiger partial charge on any atom is -0.394 e. The monoisotopic (exact) mass is 250 g/mol. The molecule has 0 aromatic heterocycles. The number of hydrogen-bond donors (Lipinski definition) is 2. The van der Waals surface area contributed by atoms with Crippen LogP contribution in [-0.2, 0) is 14.3 Å². The molecule has 0 rings (SSSR count). The molecule has 0 aliphatic carbocycles. The molecule has 0 radical (unpaired) electrons. The Balaban J connectivity index is -0.000000188. The van der Waals surface area contributed by atoms with Gasteiger partial charge in [-0.2, -0.15) is 0 Å². The van der Waals surface area contributed by atoms with Crippen molar-refractivity contribution in [3.05, 3.63) is 12.7 Å². The second kappa shape index (κ2) is 20.6. The van der Waals surface area contributed by atoms with Gasteiger partial charge in [0.1, 0.15) is 6.29 Å². The Morgan fingerprint density at radius 2 is 1.53 bits per heavy atom. The first kappa shape index (κ1) is 21.5. The summed E-state index contributed by atoms with van der Waals surface area (Å²) in [6.07, 6.45) is 1.24. The molecule has 0 bridgehead atoms. The fraction of sp³-hybridized carbons (Fsp3) is 0.750. The van der Waals surface area contributed by atoms with Crippen molar-refractivity contribution in [1.82, 2.24) is 0 Å². The van der Waals surface area contributed by atoms with E-state index in [2.05, 4.69) is 6.58 Å². The summed E-state index contributed by atoms with van der Waals surface area (Å²) in [5.74, 6) is 0. The van der Waals surface area contributed by atoms with Gasteiger partial charge in [0, 0.05) is 13.2 Å². The molecular weight excluding hydrogens is 224 g/mol. The van der Waals surface area contributed by atoms with Gasteiger partial charge >= 0.3 is 0 Å². The highest BCUT2D eigenvalue weighted by molar-refractivity contribution is 5.63. The molecule has 104 valence electrons. The number of aldehydes is 1. The van der Waals surface area contributed by atoms with Gasteiger partial charge in [0.15, 0.2) is 6.29 Å². The molecule has 0 saturated carbocycles. The van der Waals surface area contributed by atoms with Crippen LogP contribution in [0.15, 0.2) is 12.7 Å². The summed E-state index contributed by atoms with van der Waals surface area (Å²) in [5, 5.41) is 16.0. The molecule has 0 aliphatic rings. The smallest absolute Gasteiger partial charge is 0.154 e. The van der Waals surface area contributed by atoms with Crippen LogP contribution in [0.3, 0.4) is 0 Å². The largest absolute Gasteiger partial charge is 0.394 e. The molecule has 0 fully saturated rings. The molecule has 0 saturated heterocycles. The van der Waals surface area contributed by atoms with Crippen LogP contribution in [0.2, 0.25) is 0 Å². The molecule has 5 nitrogen and oxygen atoms in total. The van der Waals surface area contributed by atoms with E-state index < -0.39 is 6.10 Å². The average molecular weight is 250 g/mol. The number of hydrogen-bond acceptors (Lipinski definition) is 5. The van der Waals surface area contributed by atoms with Crippen molar-refractivity contribution < 1.29 is 24.5 Å². The van der Waals surface area contributed by atoms with E-state index in [1.165, 1.54) is 13.0 Å². The van der Waals surface area contributed by atoms with Crippen LogP contribution in [0.5, 0.6) is 0 Å². The summed E-state index contributed by atoms with van der Waals surface area (Å²) in [7, 11) is 0. The number of aliphatic hydroxyl groups is 2. The van der Waals surface area contributed by atoms with E-state index in [-0.39, 0.29) is 12.9 Å². The van der Waals surface area contributed by atoms with Crippen molar-refractivity contribution in [3.63, 3.8) is 0 Å². The predicted octanol–water partition coefficient (Wildman–Crippen LogP) is 1.14. The number of ether oxygens (including phenoxy) is 2. The lowest BCUT2D eigenvalue weighted by atomic mass is 10.5. The SMILES string of the molecule is C=CC=O.CC(O)CO.CCOC(C)OCC. The van der Waals surface area contributed by atoms with Crippen molar-refractivity contribution >= 4 is 6.29 Å². The molecule has 0 amide bonds. The number of carbonyl (C=O) groups is 1. The summed E-state index contributed by atoms with van der Waals surface area (Å²) < 4.78 is 10.1. The third-order valence-corrected chi connectivity index (χ3v) is 1.16. The van der Waals surface area contributed by atoms with Crippen molar-refractivity contribution in [3.8, 4) is 0 Å². The van der Waals surface area contributed by atoms with Gasteiger partial charge in [0.2, 0.25) is 0 Å². The lowest BCUT2D eigenvalue weighted by molar-refractivity contribution is -0.123. The second-order valence-corrected chi connectivity index (χ2v) is 2.88. The van der Waals surface area contributed by atoms with E-state index in [0.717, 1.165) is 13.2 Å². The van der Waals surface area contributed by atoms with E-state index in [9.17, 15) is 0 Å². The maximum Gasteiger partial charge on any atom is 0.154 e. The summed E-state index contributed by atoms with van der Waals surface area (Å²) in [5.41, 5.74) is 0. The fourth-order valence-electron chi connectivity index (χ4n) is 0.518. The number of aliphatic hydroxyl groups excluding tert-OH is 2. The molecule has 0 heterocycles. The maximum absolute atomic E-state index is 9.06. The van der Waals surface area contributed by atoms with Gasteiger partial charge in [-0.15, -0.1) is 0 Å². The minimum atomic E-state index is -0.560. The van der Waals surface area contributed by atoms with E-state index in [1.807, 2.05) is 20.8 Å². The van der Waals surface area contributed by atoms with Crippen LogP contribution in [0, 0.1) is 0 Å². The van der Waals surface area contributed by atoms with Crippen molar-refractivity contribution in [1.29, 1.82) is 0 Å². The Morgan fingerprint density at radius 1 is 1.24 bits per heavy atom. The number of allylic oxidation sites excluding steroid dienone is 1. The highest BCUT2D eigenvalue weighted by atomic mass is 16.7. The molecule has 0 aromatic carbocycles. The maximum atomic E-state index is 9.06. The van der Waals surface area contributed by atoms with Crippen molar-refractivity contribution in [2.75, 3.05) is 19.8 Å². The standard InChI is InChI=1S/C6H14O2.C3H8O2.C3H4O/c1-4-7-6(3)8-5-2;1-3(5)2-4;1-2-3-4/h6H,4-5H2,1-3H3;3-5H,2H2,1H3;2-3H,1H2. The van der Waals surface area contributed by atoms with Gasteiger partial charge in [-0.1, -0.05) is 6.58 Å². The van der Waals surface area contributed by atoms with Gasteiger partial charge < -0.3 is 19.7 Å². The Morgan fingerprint density at radius 3 is 1.65 bits per heavy atom. The molecule has 17 heavy (non-hydrogen) atoms. The van der Waals surface area contributed by atoms with Gasteiger partial charge in [-0.3, -0.25) is 4.79 Å². The molecule has 1 atom stereocenters. The minimum absolute atomic E-state index is 0.0370. The summed E-state index contributed by atoms with van der Waals surface area (Å²) in [6, 6.07) is 0. The molecule has 2 N–H and O–H groups in total. The molecule has 0 aliphatic heterocycles. The van der Waals surface area contributed by atoms with Gasteiger partial charge in [-0.25, -0.2) is 0 Å². The van der Waals surface area contributed by atoms with E-state index in [4.69, 9.17) is 24.5 Å². The predicted molar refractivity (Wildman–Crippen MR) is 67.7 cm³/mol. The quantitative estimate of drug-likeness (QED) is 0.420. The first-order valence-electron chi connectivity index (χ1n) is 5.58. The molecule has 1 unspecified atom stereocenters. The zero-order chi connectivity index (χ0) is 14.1. The van der Waals surface area contributed by atoms with Crippen LogP contribution < -0.4 is 0 Å². The third kappa shape index (κ3) is 39.3. The van der Waals surface area contributed by atoms with E-state index >= 15 is 0 Å². The lowest BCUT2D eigenvalue weighted by Crippen LogP contribution is -2.11. The fourth-order valence-corrected chi connectivity index (χ4v) is 0.518. The van der Waals surface area contributed by atoms with Crippen LogP contribution in [0.1, 0.15) is 27.7 Å². The Kier molecular flexibility index (Phi) is 26.1. The van der Waals surface area contributed by atoms with Gasteiger partial charge in [0.25, 0.3) is 0 Å². The summed E-state index contributed by atoms with van der Waals surface area (Å²) in [6.45, 7) is 11.8. The zero-order valence-corrected chi connectivity index (χ0v) is 11.3. The third-order valence-electron chi connectivity index (χ3n) is 1.16. The number of rotatable bonds is 6. The highest BCUT2D eigenvalue weighted by Crippen LogP contribution is 1.90. The molecular formula is C12H26O5. The van der Waals surface area contributed by atoms with Crippen molar-refractivity contribution in [2.24, 2.45) is 0 Å². The van der Waals surface area contributed by atoms with E-state index in [0.29, 0.717) is 6.29 Å². The van der Waals surface area contributed by atoms with Crippen LogP contribution in [0.4, 0.5) is 0 Å². The number of carbonyl (C=O) groups excluding carboxylic acids is 1. The second-order valence-electron chi connectivity index (χ2n) is 2.88. The molecule has 0 spiro atoms. The normalized spacial score (nSPS) is 10.5. The van der Waals surface area contributed by atoms with Gasteiger partial charge in [0.05, 0.1) is 12.7 Å². The Labute approximate surface area is 104 Å². The topological polar surface area (TPSA) is 76.0 Å². The zero-order valence-electron chi connectivity index (χ0n) is 11.3. The first-order chi connectivity index (χ1) is 7.99. The summed E-state index contributed by atoms with van der Waals surface area (Å²) >= 11 is 0. The molecule has 5 heteroatoms. The van der Waals surface area contributed by atoms with Crippen LogP contribution in [0.25, 0.3) is 0 Å². The Bertz CT molecular complexity index is 136. The average Bonchev–Trinajstić information content (AvgIpc) is 2.31. The van der Waals surface area contributed by atoms with Gasteiger partial charge in [-0.05, 0) is 33.8 Å². The van der Waals surface area contributed by atoms with Crippen molar-refractivity contribution in [2.45, 2.75) is 40.1 Å². The van der Waals surface area contributed by atoms with E-state index in [1.54, 1.807) is 0 Å². The first-order valence-corrected chi connectivity index (χ1v) is 5.58.